The van der Waals surface area contributed by atoms with E-state index in [2.05, 4.69) is 33.5 Å². The maximum Gasteiger partial charge on any atom is 0.258 e. The molecule has 1 aliphatic rings. The second-order valence-corrected chi connectivity index (χ2v) is 7.54. The molecule has 1 unspecified atom stereocenters. The van der Waals surface area contributed by atoms with Gasteiger partial charge >= 0.3 is 0 Å². The number of H-pyrrole nitrogens is 1. The van der Waals surface area contributed by atoms with Gasteiger partial charge < -0.3 is 10.3 Å². The monoisotopic (exact) mass is 390 g/mol. The quantitative estimate of drug-likeness (QED) is 0.678. The van der Waals surface area contributed by atoms with Crippen molar-refractivity contribution in [1.29, 1.82) is 0 Å². The molecule has 6 heteroatoms. The van der Waals surface area contributed by atoms with Gasteiger partial charge in [-0.2, -0.15) is 0 Å². The highest BCUT2D eigenvalue weighted by Crippen LogP contribution is 2.29. The van der Waals surface area contributed by atoms with E-state index in [-0.39, 0.29) is 24.1 Å². The first-order chi connectivity index (χ1) is 14.1. The summed E-state index contributed by atoms with van der Waals surface area (Å²) in [4.78, 5) is 34.4. The van der Waals surface area contributed by atoms with E-state index < -0.39 is 0 Å². The zero-order chi connectivity index (χ0) is 20.2. The Balaban J connectivity index is 1.43. The lowest BCUT2D eigenvalue weighted by molar-refractivity contribution is -0.123. The number of nitrogens with one attached hydrogen (secondary N) is 2. The van der Waals surface area contributed by atoms with Crippen molar-refractivity contribution in [2.24, 2.45) is 0 Å². The van der Waals surface area contributed by atoms with Crippen molar-refractivity contribution in [3.63, 3.8) is 0 Å². The summed E-state index contributed by atoms with van der Waals surface area (Å²) in [5.74, 6) is 0.572. The summed E-state index contributed by atoms with van der Waals surface area (Å²) in [5.41, 5.74) is 3.08. The van der Waals surface area contributed by atoms with Crippen molar-refractivity contribution in [2.75, 3.05) is 13.1 Å². The molecule has 1 amide bonds. The lowest BCUT2D eigenvalue weighted by Crippen LogP contribution is -2.39. The lowest BCUT2D eigenvalue weighted by atomic mass is 9.88. The molecule has 2 N–H and O–H groups in total. The fourth-order valence-corrected chi connectivity index (χ4v) is 4.05. The fraction of sp³-hybridized carbons (Fsp3) is 0.348. The van der Waals surface area contributed by atoms with Gasteiger partial charge in [-0.1, -0.05) is 43.3 Å². The predicted molar refractivity (Wildman–Crippen MR) is 114 cm³/mol. The number of aromatic nitrogens is 2. The SMILES string of the molecule is CCN(CC(=O)NC1CCCc2ccccc21)Cc1nc2ccccc2c(=O)[nH]1. The van der Waals surface area contributed by atoms with Crippen LogP contribution in [0.15, 0.2) is 53.3 Å². The molecule has 6 nitrogen and oxygen atoms in total. The molecule has 1 aliphatic carbocycles. The van der Waals surface area contributed by atoms with Crippen molar-refractivity contribution in [2.45, 2.75) is 38.8 Å². The molecule has 3 aromatic rings. The minimum absolute atomic E-state index is 0.00307. The van der Waals surface area contributed by atoms with Crippen LogP contribution in [0.25, 0.3) is 10.9 Å². The van der Waals surface area contributed by atoms with Crippen LogP contribution in [0.4, 0.5) is 0 Å². The Hall–Kier alpha value is -2.99. The number of para-hydroxylation sites is 1. The Morgan fingerprint density at radius 3 is 2.86 bits per heavy atom. The third kappa shape index (κ3) is 4.38. The summed E-state index contributed by atoms with van der Waals surface area (Å²) < 4.78 is 0. The van der Waals surface area contributed by atoms with Gasteiger partial charge in [-0.15, -0.1) is 0 Å². The van der Waals surface area contributed by atoms with Crippen LogP contribution >= 0.6 is 0 Å². The predicted octanol–water partition coefficient (Wildman–Crippen LogP) is 2.94. The molecule has 0 saturated heterocycles. The number of hydrogen-bond donors (Lipinski definition) is 2. The van der Waals surface area contributed by atoms with E-state index in [1.54, 1.807) is 6.07 Å². The molecule has 0 saturated carbocycles. The van der Waals surface area contributed by atoms with Crippen molar-refractivity contribution in [3.05, 3.63) is 75.8 Å². The van der Waals surface area contributed by atoms with Crippen LogP contribution in [0.3, 0.4) is 0 Å². The number of hydrogen-bond acceptors (Lipinski definition) is 4. The summed E-state index contributed by atoms with van der Waals surface area (Å²) in [7, 11) is 0. The highest BCUT2D eigenvalue weighted by atomic mass is 16.2. The third-order valence-corrected chi connectivity index (χ3v) is 5.55. The van der Waals surface area contributed by atoms with Gasteiger partial charge in [-0.25, -0.2) is 4.98 Å². The van der Waals surface area contributed by atoms with E-state index in [0.717, 1.165) is 19.3 Å². The number of likely N-dealkylation sites (N-methyl/N-ethyl adjacent to an activating group) is 1. The normalized spacial score (nSPS) is 16.0. The van der Waals surface area contributed by atoms with E-state index in [1.165, 1.54) is 11.1 Å². The Morgan fingerprint density at radius 1 is 1.21 bits per heavy atom. The number of carbonyl (C=O) groups is 1. The average Bonchev–Trinajstić information content (AvgIpc) is 2.73. The number of carbonyl (C=O) groups excluding carboxylic acids is 1. The van der Waals surface area contributed by atoms with Crippen molar-refractivity contribution in [3.8, 4) is 0 Å². The van der Waals surface area contributed by atoms with E-state index in [9.17, 15) is 9.59 Å². The average molecular weight is 390 g/mol. The smallest absolute Gasteiger partial charge is 0.258 e. The fourth-order valence-electron chi connectivity index (χ4n) is 4.05. The van der Waals surface area contributed by atoms with Crippen LogP contribution < -0.4 is 10.9 Å². The second kappa shape index (κ2) is 8.57. The lowest BCUT2D eigenvalue weighted by Gasteiger charge is -2.27. The molecule has 0 fully saturated rings. The Morgan fingerprint density at radius 2 is 2.00 bits per heavy atom. The van der Waals surface area contributed by atoms with Crippen molar-refractivity contribution >= 4 is 16.8 Å². The zero-order valence-corrected chi connectivity index (χ0v) is 16.6. The number of aromatic amines is 1. The first-order valence-corrected chi connectivity index (χ1v) is 10.2. The van der Waals surface area contributed by atoms with Crippen molar-refractivity contribution in [1.82, 2.24) is 20.2 Å². The number of nitrogens with zero attached hydrogens (tertiary/aromatic N) is 2. The van der Waals surface area contributed by atoms with Gasteiger partial charge in [0.05, 0.1) is 30.0 Å². The Labute approximate surface area is 170 Å². The van der Waals surface area contributed by atoms with Crippen LogP contribution in [0.2, 0.25) is 0 Å². The number of fused-ring (bicyclic) bond motifs is 2. The van der Waals surface area contributed by atoms with Crippen LogP contribution in [-0.2, 0) is 17.8 Å². The van der Waals surface area contributed by atoms with Crippen LogP contribution in [0.1, 0.15) is 42.8 Å². The highest BCUT2D eigenvalue weighted by molar-refractivity contribution is 5.79. The van der Waals surface area contributed by atoms with Gasteiger partial charge in [0.2, 0.25) is 5.91 Å². The number of aryl methyl sites for hydroxylation is 1. The minimum Gasteiger partial charge on any atom is -0.348 e. The maximum atomic E-state index is 12.7. The van der Waals surface area contributed by atoms with E-state index >= 15 is 0 Å². The van der Waals surface area contributed by atoms with Gasteiger partial charge in [0.1, 0.15) is 5.82 Å². The number of rotatable bonds is 6. The number of amides is 1. The molecular formula is C23H26N4O2. The molecule has 0 bridgehead atoms. The zero-order valence-electron chi connectivity index (χ0n) is 16.6. The topological polar surface area (TPSA) is 78.1 Å². The molecule has 0 radical (unpaired) electrons. The second-order valence-electron chi connectivity index (χ2n) is 7.54. The van der Waals surface area contributed by atoms with Gasteiger partial charge in [-0.05, 0) is 49.1 Å². The van der Waals surface area contributed by atoms with Crippen LogP contribution in [0.5, 0.6) is 0 Å². The van der Waals surface area contributed by atoms with Gasteiger partial charge in [0.25, 0.3) is 5.56 Å². The summed E-state index contributed by atoms with van der Waals surface area (Å²) in [6.45, 7) is 3.38. The highest BCUT2D eigenvalue weighted by Gasteiger charge is 2.22. The molecule has 2 aromatic carbocycles. The molecule has 1 atom stereocenters. The van der Waals surface area contributed by atoms with Crippen LogP contribution in [0, 0.1) is 0 Å². The largest absolute Gasteiger partial charge is 0.348 e. The van der Waals surface area contributed by atoms with Crippen LogP contribution in [-0.4, -0.2) is 33.9 Å². The van der Waals surface area contributed by atoms with E-state index in [4.69, 9.17) is 0 Å². The Bertz CT molecular complexity index is 1080. The summed E-state index contributed by atoms with van der Waals surface area (Å²) >= 11 is 0. The summed E-state index contributed by atoms with van der Waals surface area (Å²) in [5, 5.41) is 3.77. The summed E-state index contributed by atoms with van der Waals surface area (Å²) in [6, 6.07) is 15.7. The van der Waals surface area contributed by atoms with E-state index in [0.29, 0.717) is 29.8 Å². The third-order valence-electron chi connectivity index (χ3n) is 5.55. The molecule has 1 aromatic heterocycles. The van der Waals surface area contributed by atoms with Gasteiger partial charge in [-0.3, -0.25) is 14.5 Å². The Kier molecular flexibility index (Phi) is 5.71. The molecule has 4 rings (SSSR count). The first kappa shape index (κ1) is 19.3. The van der Waals surface area contributed by atoms with Crippen molar-refractivity contribution < 1.29 is 4.79 Å². The minimum atomic E-state index is -0.148. The van der Waals surface area contributed by atoms with Gasteiger partial charge in [0, 0.05) is 0 Å². The van der Waals surface area contributed by atoms with E-state index in [1.807, 2.05) is 36.1 Å². The summed E-state index contributed by atoms with van der Waals surface area (Å²) in [6.07, 6.45) is 3.13. The maximum absolute atomic E-state index is 12.7. The molecule has 29 heavy (non-hydrogen) atoms. The molecule has 1 heterocycles. The number of benzene rings is 2. The first-order valence-electron chi connectivity index (χ1n) is 10.2. The molecular weight excluding hydrogens is 364 g/mol. The molecule has 0 spiro atoms. The van der Waals surface area contributed by atoms with Gasteiger partial charge in [0.15, 0.2) is 0 Å². The molecule has 150 valence electrons. The standard InChI is InChI=1S/C23H26N4O2/c1-2-27(14-21-24-20-12-6-5-11-18(20)23(29)26-21)15-22(28)25-19-13-7-9-16-8-3-4-10-17(16)19/h3-6,8,10-12,19H,2,7,9,13-15H2,1H3,(H,25,28)(H,24,26,29). The molecule has 0 aliphatic heterocycles.